The van der Waals surface area contributed by atoms with Gasteiger partial charge in [-0.15, -0.1) is 6.58 Å². The number of nitrogens with zero attached hydrogens (tertiary/aromatic N) is 3. The van der Waals surface area contributed by atoms with Crippen molar-refractivity contribution in [3.8, 4) is 0 Å². The van der Waals surface area contributed by atoms with E-state index in [1.807, 2.05) is 58.0 Å². The minimum atomic E-state index is -0.524. The van der Waals surface area contributed by atoms with E-state index < -0.39 is 5.60 Å². The molecule has 2 amide bonds. The van der Waals surface area contributed by atoms with Crippen molar-refractivity contribution in [2.75, 3.05) is 33.2 Å². The Kier molecular flexibility index (Phi) is 7.24. The Morgan fingerprint density at radius 1 is 1.29 bits per heavy atom. The lowest BCUT2D eigenvalue weighted by Gasteiger charge is -2.43. The molecule has 1 aromatic carbocycles. The van der Waals surface area contributed by atoms with Crippen LogP contribution in [0.25, 0.3) is 0 Å². The maximum Gasteiger partial charge on any atom is 0.410 e. The highest BCUT2D eigenvalue weighted by Gasteiger charge is 2.37. The van der Waals surface area contributed by atoms with Gasteiger partial charge in [0.15, 0.2) is 0 Å². The number of piperazine rings is 1. The molecule has 28 heavy (non-hydrogen) atoms. The molecule has 1 heterocycles. The standard InChI is InChI=1S/C22H33N3O3/c1-7-13-23(6)20(26)19(18-11-9-8-10-12-18)24-14-15-25(17(2)16-24)21(27)28-22(3,4)5/h7-12,17,19H,1,13-16H2,2-6H3. The highest BCUT2D eigenvalue weighted by atomic mass is 16.6. The van der Waals surface area contributed by atoms with Gasteiger partial charge in [-0.05, 0) is 33.3 Å². The number of rotatable bonds is 5. The van der Waals surface area contributed by atoms with E-state index in [9.17, 15) is 9.59 Å². The van der Waals surface area contributed by atoms with Crippen LogP contribution in [0.3, 0.4) is 0 Å². The Hall–Kier alpha value is -2.34. The molecule has 0 spiro atoms. The number of amides is 2. The zero-order valence-corrected chi connectivity index (χ0v) is 17.7. The highest BCUT2D eigenvalue weighted by Crippen LogP contribution is 2.26. The summed E-state index contributed by atoms with van der Waals surface area (Å²) in [4.78, 5) is 31.3. The molecule has 2 rings (SSSR count). The van der Waals surface area contributed by atoms with Gasteiger partial charge in [0.2, 0.25) is 5.91 Å². The molecular formula is C22H33N3O3. The summed E-state index contributed by atoms with van der Waals surface area (Å²) < 4.78 is 5.53. The maximum atomic E-state index is 13.2. The Labute approximate surface area is 168 Å². The Morgan fingerprint density at radius 2 is 1.93 bits per heavy atom. The Bertz CT molecular complexity index is 684. The van der Waals surface area contributed by atoms with Crippen molar-refractivity contribution in [3.05, 3.63) is 48.6 Å². The molecule has 6 heteroatoms. The van der Waals surface area contributed by atoms with Gasteiger partial charge in [-0.3, -0.25) is 9.69 Å². The van der Waals surface area contributed by atoms with Crippen molar-refractivity contribution in [2.24, 2.45) is 0 Å². The van der Waals surface area contributed by atoms with Crippen molar-refractivity contribution in [1.82, 2.24) is 14.7 Å². The van der Waals surface area contributed by atoms with E-state index in [2.05, 4.69) is 11.5 Å². The summed E-state index contributed by atoms with van der Waals surface area (Å²) in [5.74, 6) is 0.0315. The topological polar surface area (TPSA) is 53.1 Å². The van der Waals surface area contributed by atoms with Gasteiger partial charge in [-0.1, -0.05) is 36.4 Å². The average molecular weight is 388 g/mol. The molecular weight excluding hydrogens is 354 g/mol. The number of benzene rings is 1. The van der Waals surface area contributed by atoms with Crippen LogP contribution in [0.1, 0.15) is 39.3 Å². The van der Waals surface area contributed by atoms with E-state index in [1.165, 1.54) is 0 Å². The molecule has 154 valence electrons. The van der Waals surface area contributed by atoms with E-state index in [0.717, 1.165) is 5.56 Å². The third-order valence-electron chi connectivity index (χ3n) is 4.78. The van der Waals surface area contributed by atoms with Gasteiger partial charge in [0.25, 0.3) is 0 Å². The van der Waals surface area contributed by atoms with Crippen molar-refractivity contribution in [2.45, 2.75) is 45.4 Å². The van der Waals surface area contributed by atoms with E-state index in [4.69, 9.17) is 4.74 Å². The maximum absolute atomic E-state index is 13.2. The van der Waals surface area contributed by atoms with Gasteiger partial charge in [0.05, 0.1) is 0 Å². The number of hydrogen-bond donors (Lipinski definition) is 0. The quantitative estimate of drug-likeness (QED) is 0.728. The minimum Gasteiger partial charge on any atom is -0.444 e. The summed E-state index contributed by atoms with van der Waals surface area (Å²) in [6.45, 7) is 13.6. The summed E-state index contributed by atoms with van der Waals surface area (Å²) in [6, 6.07) is 9.38. The molecule has 1 fully saturated rings. The van der Waals surface area contributed by atoms with Crippen LogP contribution in [0, 0.1) is 0 Å². The second kappa shape index (κ2) is 9.24. The molecule has 1 aliphatic rings. The molecule has 6 nitrogen and oxygen atoms in total. The largest absolute Gasteiger partial charge is 0.444 e. The summed E-state index contributed by atoms with van der Waals surface area (Å²) in [7, 11) is 1.79. The molecule has 0 saturated carbocycles. The Balaban J connectivity index is 2.19. The minimum absolute atomic E-state index is 0.0315. The monoisotopic (exact) mass is 387 g/mol. The number of hydrogen-bond acceptors (Lipinski definition) is 4. The van der Waals surface area contributed by atoms with Crippen molar-refractivity contribution in [1.29, 1.82) is 0 Å². The van der Waals surface area contributed by atoms with Gasteiger partial charge in [0, 0.05) is 39.3 Å². The van der Waals surface area contributed by atoms with Gasteiger partial charge in [0.1, 0.15) is 11.6 Å². The average Bonchev–Trinajstić information content (AvgIpc) is 2.61. The van der Waals surface area contributed by atoms with Crippen LogP contribution >= 0.6 is 0 Å². The smallest absolute Gasteiger partial charge is 0.410 e. The predicted octanol–water partition coefficient (Wildman–Crippen LogP) is 3.31. The van der Waals surface area contributed by atoms with E-state index in [0.29, 0.717) is 26.2 Å². The van der Waals surface area contributed by atoms with Crippen molar-refractivity contribution < 1.29 is 14.3 Å². The first kappa shape index (κ1) is 22.0. The third kappa shape index (κ3) is 5.58. The lowest BCUT2D eigenvalue weighted by Crippen LogP contribution is -2.57. The summed E-state index contributed by atoms with van der Waals surface area (Å²) in [5, 5.41) is 0. The van der Waals surface area contributed by atoms with Gasteiger partial charge in [-0.2, -0.15) is 0 Å². The van der Waals surface area contributed by atoms with Gasteiger partial charge in [-0.25, -0.2) is 4.79 Å². The SMILES string of the molecule is C=CCN(C)C(=O)C(c1ccccc1)N1CCN(C(=O)OC(C)(C)C)C(C)C1. The molecule has 2 unspecified atom stereocenters. The van der Waals surface area contributed by atoms with E-state index >= 15 is 0 Å². The van der Waals surface area contributed by atoms with Gasteiger partial charge < -0.3 is 14.5 Å². The van der Waals surface area contributed by atoms with Crippen molar-refractivity contribution in [3.63, 3.8) is 0 Å². The van der Waals surface area contributed by atoms with E-state index in [-0.39, 0.29) is 24.1 Å². The molecule has 1 saturated heterocycles. The molecule has 0 radical (unpaired) electrons. The molecule has 0 aromatic heterocycles. The predicted molar refractivity (Wildman–Crippen MR) is 111 cm³/mol. The van der Waals surface area contributed by atoms with Crippen LogP contribution in [-0.4, -0.2) is 71.6 Å². The second-order valence-corrected chi connectivity index (χ2v) is 8.34. The van der Waals surface area contributed by atoms with Crippen LogP contribution in [0.2, 0.25) is 0 Å². The third-order valence-corrected chi connectivity index (χ3v) is 4.78. The highest BCUT2D eigenvalue weighted by molar-refractivity contribution is 5.83. The second-order valence-electron chi connectivity index (χ2n) is 8.34. The van der Waals surface area contributed by atoms with Gasteiger partial charge >= 0.3 is 6.09 Å². The van der Waals surface area contributed by atoms with Crippen LogP contribution in [0.15, 0.2) is 43.0 Å². The number of ether oxygens (including phenoxy) is 1. The van der Waals surface area contributed by atoms with Crippen LogP contribution in [0.5, 0.6) is 0 Å². The summed E-state index contributed by atoms with van der Waals surface area (Å²) >= 11 is 0. The molecule has 0 N–H and O–H groups in total. The number of carbonyl (C=O) groups excluding carboxylic acids is 2. The Morgan fingerprint density at radius 3 is 2.46 bits per heavy atom. The molecule has 0 aliphatic carbocycles. The first-order valence-corrected chi connectivity index (χ1v) is 9.78. The zero-order valence-electron chi connectivity index (χ0n) is 17.7. The van der Waals surface area contributed by atoms with E-state index in [1.54, 1.807) is 22.9 Å². The normalized spacial score (nSPS) is 19.0. The van der Waals surface area contributed by atoms with Crippen LogP contribution < -0.4 is 0 Å². The lowest BCUT2D eigenvalue weighted by atomic mass is 10.0. The zero-order chi connectivity index (χ0) is 20.9. The first-order valence-electron chi connectivity index (χ1n) is 9.78. The number of likely N-dealkylation sites (N-methyl/N-ethyl adjacent to an activating group) is 1. The van der Waals surface area contributed by atoms with Crippen LogP contribution in [-0.2, 0) is 9.53 Å². The van der Waals surface area contributed by atoms with Crippen molar-refractivity contribution >= 4 is 12.0 Å². The molecule has 1 aliphatic heterocycles. The molecule has 0 bridgehead atoms. The van der Waals surface area contributed by atoms with Crippen LogP contribution in [0.4, 0.5) is 4.79 Å². The molecule has 1 aromatic rings. The first-order chi connectivity index (χ1) is 13.1. The lowest BCUT2D eigenvalue weighted by molar-refractivity contribution is -0.136. The summed E-state index contributed by atoms with van der Waals surface area (Å²) in [6.07, 6.45) is 1.43. The fourth-order valence-corrected chi connectivity index (χ4v) is 3.45. The number of carbonyl (C=O) groups is 2. The molecule has 2 atom stereocenters. The fraction of sp³-hybridized carbons (Fsp3) is 0.545. The fourth-order valence-electron chi connectivity index (χ4n) is 3.45. The summed E-state index contributed by atoms with van der Waals surface area (Å²) in [5.41, 5.74) is 0.436.